The van der Waals surface area contributed by atoms with Gasteiger partial charge in [0.05, 0.1) is 6.07 Å². The van der Waals surface area contributed by atoms with Gasteiger partial charge < -0.3 is 4.90 Å². The lowest BCUT2D eigenvalue weighted by Crippen LogP contribution is -2.53. The van der Waals surface area contributed by atoms with Crippen molar-refractivity contribution in [3.05, 3.63) is 0 Å². The summed E-state index contributed by atoms with van der Waals surface area (Å²) in [7, 11) is 0. The zero-order valence-corrected chi connectivity index (χ0v) is 14.2. The van der Waals surface area contributed by atoms with Crippen LogP contribution in [-0.4, -0.2) is 36.1 Å². The van der Waals surface area contributed by atoms with Crippen LogP contribution in [0, 0.1) is 23.2 Å². The summed E-state index contributed by atoms with van der Waals surface area (Å²) in [6.07, 6.45) is 8.57. The Hall–Kier alpha value is -0.590. The molecule has 3 heteroatoms. The van der Waals surface area contributed by atoms with Crippen molar-refractivity contribution >= 4 is 0 Å². The van der Waals surface area contributed by atoms with Crippen LogP contribution in [0.2, 0.25) is 0 Å². The molecule has 0 aromatic rings. The van der Waals surface area contributed by atoms with Gasteiger partial charge in [-0.05, 0) is 76.4 Å². The number of likely N-dealkylation sites (tertiary alicyclic amines) is 1. The van der Waals surface area contributed by atoms with E-state index in [9.17, 15) is 5.26 Å². The lowest BCUT2D eigenvalue weighted by atomic mass is 9.79. The molecular weight excluding hydrogens is 258 g/mol. The van der Waals surface area contributed by atoms with Crippen molar-refractivity contribution in [2.75, 3.05) is 19.6 Å². The van der Waals surface area contributed by atoms with Crippen LogP contribution in [0.5, 0.6) is 0 Å². The molecule has 1 N–H and O–H groups in total. The summed E-state index contributed by atoms with van der Waals surface area (Å²) < 4.78 is 0. The molecule has 0 aromatic heterocycles. The van der Waals surface area contributed by atoms with Gasteiger partial charge in [0.15, 0.2) is 0 Å². The first-order valence-electron chi connectivity index (χ1n) is 9.00. The molecule has 0 bridgehead atoms. The molecule has 0 radical (unpaired) electrons. The molecule has 0 amide bonds. The molecule has 120 valence electrons. The van der Waals surface area contributed by atoms with Gasteiger partial charge in [0, 0.05) is 6.04 Å². The van der Waals surface area contributed by atoms with E-state index in [1.165, 1.54) is 45.2 Å². The first-order valence-corrected chi connectivity index (χ1v) is 9.00. The van der Waals surface area contributed by atoms with Crippen molar-refractivity contribution < 1.29 is 0 Å². The van der Waals surface area contributed by atoms with Crippen LogP contribution in [0.25, 0.3) is 0 Å². The van der Waals surface area contributed by atoms with Gasteiger partial charge in [-0.3, -0.25) is 5.32 Å². The van der Waals surface area contributed by atoms with E-state index in [2.05, 4.69) is 37.1 Å². The summed E-state index contributed by atoms with van der Waals surface area (Å²) in [4.78, 5) is 2.70. The highest BCUT2D eigenvalue weighted by molar-refractivity contribution is 5.11. The molecule has 1 saturated carbocycles. The SMILES string of the molecule is CCNC1(C#N)CCCC(N2CCCC(C(C)C)CC2)C1. The van der Waals surface area contributed by atoms with Crippen LogP contribution in [-0.2, 0) is 0 Å². The fraction of sp³-hybridized carbons (Fsp3) is 0.944. The zero-order chi connectivity index (χ0) is 15.3. The third-order valence-electron chi connectivity index (χ3n) is 5.72. The van der Waals surface area contributed by atoms with E-state index in [0.29, 0.717) is 6.04 Å². The second kappa shape index (κ2) is 7.61. The van der Waals surface area contributed by atoms with Gasteiger partial charge in [-0.15, -0.1) is 0 Å². The molecule has 0 spiro atoms. The second-order valence-electron chi connectivity index (χ2n) is 7.45. The highest BCUT2D eigenvalue weighted by atomic mass is 15.2. The van der Waals surface area contributed by atoms with Gasteiger partial charge in [-0.25, -0.2) is 0 Å². The minimum atomic E-state index is -0.262. The second-order valence-corrected chi connectivity index (χ2v) is 7.45. The van der Waals surface area contributed by atoms with E-state index < -0.39 is 0 Å². The highest BCUT2D eigenvalue weighted by Gasteiger charge is 2.38. The zero-order valence-electron chi connectivity index (χ0n) is 14.2. The third kappa shape index (κ3) is 4.20. The van der Waals surface area contributed by atoms with Crippen molar-refractivity contribution in [1.29, 1.82) is 5.26 Å². The number of nitriles is 1. The first-order chi connectivity index (χ1) is 10.1. The van der Waals surface area contributed by atoms with Crippen molar-refractivity contribution in [3.8, 4) is 6.07 Å². The van der Waals surface area contributed by atoms with Crippen molar-refractivity contribution in [2.24, 2.45) is 11.8 Å². The van der Waals surface area contributed by atoms with Crippen LogP contribution in [0.1, 0.15) is 65.7 Å². The summed E-state index contributed by atoms with van der Waals surface area (Å²) in [6, 6.07) is 3.21. The summed E-state index contributed by atoms with van der Waals surface area (Å²) in [5.74, 6) is 1.71. The lowest BCUT2D eigenvalue weighted by Gasteiger charge is -2.41. The Kier molecular flexibility index (Phi) is 6.08. The van der Waals surface area contributed by atoms with Crippen LogP contribution in [0.3, 0.4) is 0 Å². The number of nitrogens with one attached hydrogen (secondary N) is 1. The monoisotopic (exact) mass is 291 g/mol. The van der Waals surface area contributed by atoms with Gasteiger partial charge in [0.1, 0.15) is 5.54 Å². The third-order valence-corrected chi connectivity index (χ3v) is 5.72. The van der Waals surface area contributed by atoms with E-state index in [4.69, 9.17) is 0 Å². The number of nitrogens with zero attached hydrogens (tertiary/aromatic N) is 2. The fourth-order valence-corrected chi connectivity index (χ4v) is 4.37. The Labute approximate surface area is 131 Å². The average Bonchev–Trinajstić information content (AvgIpc) is 2.74. The molecule has 2 rings (SSSR count). The maximum atomic E-state index is 9.63. The van der Waals surface area contributed by atoms with Crippen LogP contribution >= 0.6 is 0 Å². The summed E-state index contributed by atoms with van der Waals surface area (Å²) >= 11 is 0. The van der Waals surface area contributed by atoms with Crippen LogP contribution in [0.4, 0.5) is 0 Å². The normalized spacial score (nSPS) is 35.4. The maximum absolute atomic E-state index is 9.63. The molecule has 1 saturated heterocycles. The van der Waals surface area contributed by atoms with Gasteiger partial charge >= 0.3 is 0 Å². The van der Waals surface area contributed by atoms with E-state index in [1.54, 1.807) is 0 Å². The highest BCUT2D eigenvalue weighted by Crippen LogP contribution is 2.33. The molecule has 1 heterocycles. The van der Waals surface area contributed by atoms with Crippen molar-refractivity contribution in [2.45, 2.75) is 77.3 Å². The Bertz CT molecular complexity index is 356. The Morgan fingerprint density at radius 2 is 2.05 bits per heavy atom. The Balaban J connectivity index is 1.96. The van der Waals surface area contributed by atoms with Crippen LogP contribution < -0.4 is 5.32 Å². The largest absolute Gasteiger partial charge is 0.300 e. The van der Waals surface area contributed by atoms with E-state index >= 15 is 0 Å². The molecule has 21 heavy (non-hydrogen) atoms. The quantitative estimate of drug-likeness (QED) is 0.861. The lowest BCUT2D eigenvalue weighted by molar-refractivity contribution is 0.122. The predicted molar refractivity (Wildman–Crippen MR) is 88.0 cm³/mol. The van der Waals surface area contributed by atoms with Gasteiger partial charge in [0.25, 0.3) is 0 Å². The molecule has 3 nitrogen and oxygen atoms in total. The van der Waals surface area contributed by atoms with E-state index in [0.717, 1.165) is 31.2 Å². The number of hydrogen-bond donors (Lipinski definition) is 1. The predicted octanol–water partition coefficient (Wildman–Crippen LogP) is 3.56. The van der Waals surface area contributed by atoms with E-state index in [1.807, 2.05) is 0 Å². The molecule has 0 aromatic carbocycles. The molecular formula is C18H33N3. The summed E-state index contributed by atoms with van der Waals surface area (Å²) in [5, 5.41) is 13.1. The topological polar surface area (TPSA) is 39.1 Å². The van der Waals surface area contributed by atoms with Crippen molar-refractivity contribution in [3.63, 3.8) is 0 Å². The maximum Gasteiger partial charge on any atom is 0.108 e. The summed E-state index contributed by atoms with van der Waals surface area (Å²) in [6.45, 7) is 10.2. The molecule has 3 atom stereocenters. The molecule has 1 aliphatic heterocycles. The molecule has 3 unspecified atom stereocenters. The smallest absolute Gasteiger partial charge is 0.108 e. The van der Waals surface area contributed by atoms with Crippen molar-refractivity contribution in [1.82, 2.24) is 10.2 Å². The first kappa shape index (κ1) is 16.8. The number of rotatable bonds is 4. The minimum Gasteiger partial charge on any atom is -0.300 e. The Morgan fingerprint density at radius 1 is 1.24 bits per heavy atom. The number of hydrogen-bond acceptors (Lipinski definition) is 3. The standard InChI is InChI=1S/C18H33N3/c1-4-20-18(14-19)10-5-8-17(13-18)21-11-6-7-16(9-12-21)15(2)3/h15-17,20H,4-13H2,1-3H3. The minimum absolute atomic E-state index is 0.262. The molecule has 2 fully saturated rings. The van der Waals surface area contributed by atoms with E-state index in [-0.39, 0.29) is 5.54 Å². The van der Waals surface area contributed by atoms with Gasteiger partial charge in [-0.2, -0.15) is 5.26 Å². The van der Waals surface area contributed by atoms with Gasteiger partial charge in [0.2, 0.25) is 0 Å². The molecule has 2 aliphatic rings. The summed E-state index contributed by atoms with van der Waals surface area (Å²) in [5.41, 5.74) is -0.262. The van der Waals surface area contributed by atoms with Gasteiger partial charge in [-0.1, -0.05) is 20.8 Å². The fourth-order valence-electron chi connectivity index (χ4n) is 4.37. The van der Waals surface area contributed by atoms with Crippen LogP contribution in [0.15, 0.2) is 0 Å². The average molecular weight is 291 g/mol. The Morgan fingerprint density at radius 3 is 2.71 bits per heavy atom. The molecule has 1 aliphatic carbocycles.